The van der Waals surface area contributed by atoms with E-state index in [2.05, 4.69) is 17.3 Å². The van der Waals surface area contributed by atoms with Crippen LogP contribution in [-0.4, -0.2) is 63.1 Å². The first-order valence-corrected chi connectivity index (χ1v) is 7.33. The highest BCUT2D eigenvalue weighted by atomic mass is 16.5. The van der Waals surface area contributed by atoms with Crippen LogP contribution in [0, 0.1) is 11.3 Å². The number of aliphatic hydroxyl groups excluding tert-OH is 1. The van der Waals surface area contributed by atoms with Crippen LogP contribution in [0.4, 0.5) is 0 Å². The number of nitrogens with one attached hydrogen (secondary N) is 1. The summed E-state index contributed by atoms with van der Waals surface area (Å²) in [6, 6.07) is 0. The van der Waals surface area contributed by atoms with Crippen LogP contribution in [-0.2, 0) is 4.74 Å². The Hall–Kier alpha value is -0.160. The number of likely N-dealkylation sites (tertiary alicyclic amines) is 1. The molecule has 1 atom stereocenters. The van der Waals surface area contributed by atoms with Gasteiger partial charge in [-0.25, -0.2) is 0 Å². The van der Waals surface area contributed by atoms with Crippen molar-refractivity contribution >= 4 is 0 Å². The lowest BCUT2D eigenvalue weighted by Gasteiger charge is -2.40. The van der Waals surface area contributed by atoms with Gasteiger partial charge in [0.1, 0.15) is 0 Å². The number of hydrogen-bond acceptors (Lipinski definition) is 4. The molecule has 0 saturated carbocycles. The van der Waals surface area contributed by atoms with E-state index >= 15 is 0 Å². The highest BCUT2D eigenvalue weighted by molar-refractivity contribution is 4.89. The van der Waals surface area contributed by atoms with E-state index in [-0.39, 0.29) is 0 Å². The van der Waals surface area contributed by atoms with Crippen LogP contribution in [0.1, 0.15) is 25.7 Å². The van der Waals surface area contributed by atoms with E-state index in [1.165, 1.54) is 38.9 Å². The Morgan fingerprint density at radius 3 is 2.83 bits per heavy atom. The lowest BCUT2D eigenvalue weighted by atomic mass is 9.79. The Labute approximate surface area is 111 Å². The smallest absolute Gasteiger partial charge is 0.0472 e. The fraction of sp³-hybridized carbons (Fsp3) is 1.00. The molecule has 0 amide bonds. The monoisotopic (exact) mass is 256 g/mol. The van der Waals surface area contributed by atoms with Crippen LogP contribution in [0.15, 0.2) is 0 Å². The first kappa shape index (κ1) is 14.3. The molecule has 4 nitrogen and oxygen atoms in total. The third kappa shape index (κ3) is 3.67. The van der Waals surface area contributed by atoms with Crippen LogP contribution < -0.4 is 5.32 Å². The van der Waals surface area contributed by atoms with Crippen LogP contribution in [0.3, 0.4) is 0 Å². The SMILES string of the molecule is CNCC1(CN2CCC(CCO)C2)CCOCC1. The van der Waals surface area contributed by atoms with Crippen molar-refractivity contribution in [3.05, 3.63) is 0 Å². The average Bonchev–Trinajstić information content (AvgIpc) is 2.78. The standard InChI is InChI=1S/C14H28N2O2/c1-15-11-14(4-8-18-9-5-14)12-16-6-2-13(10-16)3-7-17/h13,15,17H,2-12H2,1H3. The van der Waals surface area contributed by atoms with Crippen molar-refractivity contribution in [1.82, 2.24) is 10.2 Å². The maximum Gasteiger partial charge on any atom is 0.0472 e. The summed E-state index contributed by atoms with van der Waals surface area (Å²) in [7, 11) is 2.05. The van der Waals surface area contributed by atoms with Crippen LogP contribution in [0.5, 0.6) is 0 Å². The van der Waals surface area contributed by atoms with Gasteiger partial charge in [-0.15, -0.1) is 0 Å². The molecule has 2 fully saturated rings. The van der Waals surface area contributed by atoms with Crippen molar-refractivity contribution in [2.24, 2.45) is 11.3 Å². The molecule has 18 heavy (non-hydrogen) atoms. The molecule has 106 valence electrons. The van der Waals surface area contributed by atoms with Gasteiger partial charge in [-0.1, -0.05) is 0 Å². The normalized spacial score (nSPS) is 28.7. The number of rotatable bonds is 6. The molecular weight excluding hydrogens is 228 g/mol. The van der Waals surface area contributed by atoms with E-state index in [0.717, 1.165) is 26.2 Å². The molecule has 2 aliphatic rings. The quantitative estimate of drug-likeness (QED) is 0.734. The maximum atomic E-state index is 9.02. The van der Waals surface area contributed by atoms with Crippen LogP contribution in [0.2, 0.25) is 0 Å². The van der Waals surface area contributed by atoms with Crippen molar-refractivity contribution in [2.75, 3.05) is 53.0 Å². The second-order valence-electron chi connectivity index (χ2n) is 6.04. The van der Waals surface area contributed by atoms with Gasteiger partial charge in [-0.3, -0.25) is 0 Å². The molecule has 2 rings (SSSR count). The molecule has 2 saturated heterocycles. The third-order valence-electron chi connectivity index (χ3n) is 4.57. The van der Waals surface area contributed by atoms with E-state index in [4.69, 9.17) is 9.84 Å². The Balaban J connectivity index is 1.85. The predicted molar refractivity (Wildman–Crippen MR) is 72.7 cm³/mol. The molecule has 0 aliphatic carbocycles. The summed E-state index contributed by atoms with van der Waals surface area (Å²) in [6.45, 7) is 6.83. The second kappa shape index (κ2) is 6.85. The second-order valence-corrected chi connectivity index (χ2v) is 6.04. The van der Waals surface area contributed by atoms with Crippen molar-refractivity contribution in [3.63, 3.8) is 0 Å². The first-order valence-electron chi connectivity index (χ1n) is 7.33. The molecule has 0 aromatic heterocycles. The van der Waals surface area contributed by atoms with Gasteiger partial charge < -0.3 is 20.1 Å². The van der Waals surface area contributed by atoms with Gasteiger partial charge in [0.25, 0.3) is 0 Å². The molecule has 0 aromatic carbocycles. The minimum Gasteiger partial charge on any atom is -0.396 e. The van der Waals surface area contributed by atoms with E-state index < -0.39 is 0 Å². The summed E-state index contributed by atoms with van der Waals surface area (Å²) < 4.78 is 5.52. The minimum absolute atomic E-state index is 0.341. The fourth-order valence-electron chi connectivity index (χ4n) is 3.52. The number of ether oxygens (including phenoxy) is 1. The summed E-state index contributed by atoms with van der Waals surface area (Å²) in [4.78, 5) is 2.60. The molecular formula is C14H28N2O2. The van der Waals surface area contributed by atoms with Gasteiger partial charge in [-0.2, -0.15) is 0 Å². The molecule has 2 heterocycles. The molecule has 0 radical (unpaired) electrons. The highest BCUT2D eigenvalue weighted by Gasteiger charge is 2.35. The van der Waals surface area contributed by atoms with Crippen molar-refractivity contribution in [1.29, 1.82) is 0 Å². The first-order chi connectivity index (χ1) is 8.78. The molecule has 0 spiro atoms. The zero-order valence-corrected chi connectivity index (χ0v) is 11.7. The molecule has 1 unspecified atom stereocenters. The maximum absolute atomic E-state index is 9.02. The van der Waals surface area contributed by atoms with Gasteiger partial charge in [-0.05, 0) is 50.6 Å². The van der Waals surface area contributed by atoms with Crippen molar-refractivity contribution < 1.29 is 9.84 Å². The third-order valence-corrected chi connectivity index (χ3v) is 4.57. The van der Waals surface area contributed by atoms with Gasteiger partial charge in [0.05, 0.1) is 0 Å². The van der Waals surface area contributed by atoms with Crippen molar-refractivity contribution in [3.8, 4) is 0 Å². The average molecular weight is 256 g/mol. The zero-order chi connectivity index (χ0) is 12.8. The number of aliphatic hydroxyl groups is 1. The largest absolute Gasteiger partial charge is 0.396 e. The van der Waals surface area contributed by atoms with E-state index in [1.807, 2.05) is 0 Å². The Kier molecular flexibility index (Phi) is 5.42. The van der Waals surface area contributed by atoms with E-state index in [1.54, 1.807) is 0 Å². The Bertz CT molecular complexity index is 236. The van der Waals surface area contributed by atoms with Gasteiger partial charge in [0.2, 0.25) is 0 Å². The highest BCUT2D eigenvalue weighted by Crippen LogP contribution is 2.33. The molecule has 0 aromatic rings. The summed E-state index contributed by atoms with van der Waals surface area (Å²) in [6.07, 6.45) is 4.58. The minimum atomic E-state index is 0.341. The molecule has 2 N–H and O–H groups in total. The predicted octanol–water partition coefficient (Wildman–Crippen LogP) is 0.707. The lowest BCUT2D eigenvalue weighted by molar-refractivity contribution is -0.000641. The topological polar surface area (TPSA) is 44.7 Å². The van der Waals surface area contributed by atoms with Gasteiger partial charge >= 0.3 is 0 Å². The zero-order valence-electron chi connectivity index (χ0n) is 11.7. The van der Waals surface area contributed by atoms with Crippen molar-refractivity contribution in [2.45, 2.75) is 25.7 Å². The van der Waals surface area contributed by atoms with Crippen LogP contribution in [0.25, 0.3) is 0 Å². The molecule has 2 aliphatic heterocycles. The van der Waals surface area contributed by atoms with Gasteiger partial charge in [0.15, 0.2) is 0 Å². The summed E-state index contributed by atoms with van der Waals surface area (Å²) in [5.74, 6) is 0.710. The Morgan fingerprint density at radius 2 is 2.17 bits per heavy atom. The summed E-state index contributed by atoms with van der Waals surface area (Å²) in [5, 5.41) is 12.4. The Morgan fingerprint density at radius 1 is 1.39 bits per heavy atom. The molecule has 0 bridgehead atoms. The van der Waals surface area contributed by atoms with E-state index in [0.29, 0.717) is 17.9 Å². The van der Waals surface area contributed by atoms with E-state index in [9.17, 15) is 0 Å². The summed E-state index contributed by atoms with van der Waals surface area (Å²) >= 11 is 0. The lowest BCUT2D eigenvalue weighted by Crippen LogP contribution is -2.46. The fourth-order valence-corrected chi connectivity index (χ4v) is 3.52. The number of nitrogens with zero attached hydrogens (tertiary/aromatic N) is 1. The summed E-state index contributed by atoms with van der Waals surface area (Å²) in [5.41, 5.74) is 0.404. The van der Waals surface area contributed by atoms with Gasteiger partial charge in [0, 0.05) is 39.5 Å². The number of hydrogen-bond donors (Lipinski definition) is 2. The van der Waals surface area contributed by atoms with Crippen LogP contribution >= 0.6 is 0 Å². The molecule has 4 heteroatoms.